The largest absolute Gasteiger partial charge is 0.332 e. The minimum atomic E-state index is 0.430. The molecule has 0 radical (unpaired) electrons. The first-order valence-corrected chi connectivity index (χ1v) is 4.04. The summed E-state index contributed by atoms with van der Waals surface area (Å²) >= 11 is 0. The van der Waals surface area contributed by atoms with E-state index in [0.29, 0.717) is 6.04 Å². The second-order valence-electron chi connectivity index (χ2n) is 3.00. The summed E-state index contributed by atoms with van der Waals surface area (Å²) in [6, 6.07) is 0.430. The van der Waals surface area contributed by atoms with Crippen LogP contribution in [0.15, 0.2) is 29.7 Å². The van der Waals surface area contributed by atoms with Gasteiger partial charge >= 0.3 is 0 Å². The van der Waals surface area contributed by atoms with Gasteiger partial charge in [-0.15, -0.1) is 0 Å². The van der Waals surface area contributed by atoms with Crippen molar-refractivity contribution in [2.75, 3.05) is 7.05 Å². The Hall–Kier alpha value is -1.25. The average molecular weight is 165 g/mol. The van der Waals surface area contributed by atoms with E-state index in [-0.39, 0.29) is 0 Å². The number of hydrogen-bond donors (Lipinski definition) is 1. The summed E-state index contributed by atoms with van der Waals surface area (Å²) in [7, 11) is 1.75. The van der Waals surface area contributed by atoms with Gasteiger partial charge in [-0.2, -0.15) is 0 Å². The highest BCUT2D eigenvalue weighted by Crippen LogP contribution is 2.09. The van der Waals surface area contributed by atoms with Gasteiger partial charge in [0.2, 0.25) is 0 Å². The van der Waals surface area contributed by atoms with Gasteiger partial charge in [0.05, 0.1) is 0 Å². The summed E-state index contributed by atoms with van der Waals surface area (Å²) in [6.45, 7) is 8.13. The van der Waals surface area contributed by atoms with Crippen LogP contribution in [-0.4, -0.2) is 23.8 Å². The van der Waals surface area contributed by atoms with Crippen LogP contribution in [0.3, 0.4) is 0 Å². The van der Waals surface area contributed by atoms with Crippen LogP contribution in [-0.2, 0) is 0 Å². The molecule has 0 aliphatic carbocycles. The lowest BCUT2D eigenvalue weighted by Crippen LogP contribution is -2.38. The first-order chi connectivity index (χ1) is 5.65. The fourth-order valence-electron chi connectivity index (χ4n) is 1.11. The summed E-state index contributed by atoms with van der Waals surface area (Å²) < 4.78 is 0. The minimum Gasteiger partial charge on any atom is -0.332 e. The lowest BCUT2D eigenvalue weighted by molar-refractivity contribution is 0.367. The Morgan fingerprint density at radius 2 is 2.25 bits per heavy atom. The summed E-state index contributed by atoms with van der Waals surface area (Å²) in [6.07, 6.45) is 3.93. The Labute approximate surface area is 73.5 Å². The summed E-state index contributed by atoms with van der Waals surface area (Å²) in [4.78, 5) is 6.09. The quantitative estimate of drug-likeness (QED) is 0.634. The van der Waals surface area contributed by atoms with Crippen LogP contribution in [0.25, 0.3) is 0 Å². The highest BCUT2D eigenvalue weighted by molar-refractivity contribution is 5.94. The molecule has 0 aromatic rings. The smallest absolute Gasteiger partial charge is 0.127 e. The number of nitrogens with one attached hydrogen (secondary N) is 1. The van der Waals surface area contributed by atoms with E-state index in [0.717, 1.165) is 11.7 Å². The highest BCUT2D eigenvalue weighted by atomic mass is 15.3. The number of rotatable bonds is 1. The van der Waals surface area contributed by atoms with Crippen molar-refractivity contribution in [1.82, 2.24) is 10.2 Å². The SMILES string of the molecule is C=C1NC(=NC)C=CN1C(C)C. The van der Waals surface area contributed by atoms with Crippen LogP contribution >= 0.6 is 0 Å². The highest BCUT2D eigenvalue weighted by Gasteiger charge is 2.13. The van der Waals surface area contributed by atoms with Gasteiger partial charge in [0, 0.05) is 19.3 Å². The lowest BCUT2D eigenvalue weighted by Gasteiger charge is -2.30. The van der Waals surface area contributed by atoms with Crippen molar-refractivity contribution in [3.8, 4) is 0 Å². The van der Waals surface area contributed by atoms with Gasteiger partial charge in [-0.25, -0.2) is 0 Å². The molecule has 0 aromatic heterocycles. The van der Waals surface area contributed by atoms with Gasteiger partial charge in [-0.05, 0) is 19.9 Å². The Morgan fingerprint density at radius 3 is 2.67 bits per heavy atom. The summed E-state index contributed by atoms with van der Waals surface area (Å²) in [5.74, 6) is 1.74. The normalized spacial score (nSPS) is 20.5. The molecule has 0 saturated heterocycles. The zero-order chi connectivity index (χ0) is 9.14. The number of amidine groups is 1. The maximum atomic E-state index is 4.02. The van der Waals surface area contributed by atoms with Gasteiger partial charge in [0.15, 0.2) is 0 Å². The molecule has 1 rings (SSSR count). The van der Waals surface area contributed by atoms with E-state index in [9.17, 15) is 0 Å². The van der Waals surface area contributed by atoms with E-state index in [1.54, 1.807) is 7.05 Å². The molecule has 0 spiro atoms. The molecule has 1 aliphatic heterocycles. The molecule has 66 valence electrons. The molecule has 1 N–H and O–H groups in total. The van der Waals surface area contributed by atoms with Crippen LogP contribution in [0.5, 0.6) is 0 Å². The van der Waals surface area contributed by atoms with Crippen LogP contribution in [0, 0.1) is 0 Å². The topological polar surface area (TPSA) is 27.6 Å². The van der Waals surface area contributed by atoms with Crippen molar-refractivity contribution in [3.63, 3.8) is 0 Å². The van der Waals surface area contributed by atoms with Crippen LogP contribution < -0.4 is 5.32 Å². The molecule has 12 heavy (non-hydrogen) atoms. The van der Waals surface area contributed by atoms with E-state index < -0.39 is 0 Å². The van der Waals surface area contributed by atoms with E-state index in [1.165, 1.54) is 0 Å². The molecule has 3 heteroatoms. The number of nitrogens with zero attached hydrogens (tertiary/aromatic N) is 2. The van der Waals surface area contributed by atoms with Crippen molar-refractivity contribution < 1.29 is 0 Å². The Kier molecular flexibility index (Phi) is 2.53. The molecular weight excluding hydrogens is 150 g/mol. The van der Waals surface area contributed by atoms with E-state index in [1.807, 2.05) is 12.3 Å². The van der Waals surface area contributed by atoms with Crippen molar-refractivity contribution in [2.45, 2.75) is 19.9 Å². The molecule has 0 fully saturated rings. The molecular formula is C9H15N3. The van der Waals surface area contributed by atoms with Crippen molar-refractivity contribution in [2.24, 2.45) is 4.99 Å². The van der Waals surface area contributed by atoms with Crippen LogP contribution in [0.2, 0.25) is 0 Å². The second kappa shape index (κ2) is 3.43. The van der Waals surface area contributed by atoms with Crippen LogP contribution in [0.4, 0.5) is 0 Å². The molecule has 0 unspecified atom stereocenters. The van der Waals surface area contributed by atoms with Gasteiger partial charge in [-0.1, -0.05) is 6.58 Å². The maximum Gasteiger partial charge on any atom is 0.127 e. The first kappa shape index (κ1) is 8.84. The lowest BCUT2D eigenvalue weighted by atomic mass is 10.3. The standard InChI is InChI=1S/C9H15N3/c1-7(2)12-6-5-9(10-4)11-8(12)3/h5-7H,3H2,1-2,4H3,(H,10,11). The summed E-state index contributed by atoms with van der Waals surface area (Å²) in [5, 5.41) is 3.09. The Bertz CT molecular complexity index is 238. The number of aliphatic imine (C=N–C) groups is 1. The average Bonchev–Trinajstić information content (AvgIpc) is 2.03. The number of hydrogen-bond acceptors (Lipinski definition) is 2. The fraction of sp³-hybridized carbons (Fsp3) is 0.444. The van der Waals surface area contributed by atoms with Crippen molar-refractivity contribution >= 4 is 5.84 Å². The van der Waals surface area contributed by atoms with Crippen molar-refractivity contribution in [3.05, 3.63) is 24.7 Å². The van der Waals surface area contributed by atoms with Crippen LogP contribution in [0.1, 0.15) is 13.8 Å². The zero-order valence-corrected chi connectivity index (χ0v) is 7.83. The third-order valence-electron chi connectivity index (χ3n) is 1.77. The molecule has 0 bridgehead atoms. The third-order valence-corrected chi connectivity index (χ3v) is 1.77. The molecule has 0 atom stereocenters. The molecule has 0 saturated carbocycles. The Balaban J connectivity index is 2.79. The molecule has 3 nitrogen and oxygen atoms in total. The first-order valence-electron chi connectivity index (χ1n) is 4.04. The maximum absolute atomic E-state index is 4.02. The third kappa shape index (κ3) is 1.67. The summed E-state index contributed by atoms with van der Waals surface area (Å²) in [5.41, 5.74) is 0. The van der Waals surface area contributed by atoms with Gasteiger partial charge < -0.3 is 10.2 Å². The Morgan fingerprint density at radius 1 is 1.58 bits per heavy atom. The van der Waals surface area contributed by atoms with E-state index in [4.69, 9.17) is 0 Å². The van der Waals surface area contributed by atoms with E-state index in [2.05, 4.69) is 35.6 Å². The second-order valence-corrected chi connectivity index (χ2v) is 3.00. The van der Waals surface area contributed by atoms with Gasteiger partial charge in [-0.3, -0.25) is 4.99 Å². The zero-order valence-electron chi connectivity index (χ0n) is 7.83. The fourth-order valence-corrected chi connectivity index (χ4v) is 1.11. The van der Waals surface area contributed by atoms with Gasteiger partial charge in [0.1, 0.15) is 11.7 Å². The molecule has 0 aromatic carbocycles. The van der Waals surface area contributed by atoms with Gasteiger partial charge in [0.25, 0.3) is 0 Å². The molecule has 1 aliphatic rings. The van der Waals surface area contributed by atoms with Crippen molar-refractivity contribution in [1.29, 1.82) is 0 Å². The molecule has 0 amide bonds. The monoisotopic (exact) mass is 165 g/mol. The predicted molar refractivity (Wildman–Crippen MR) is 51.7 cm³/mol. The molecule has 1 heterocycles. The minimum absolute atomic E-state index is 0.430. The predicted octanol–water partition coefficient (Wildman–Crippen LogP) is 1.31. The van der Waals surface area contributed by atoms with E-state index >= 15 is 0 Å².